The summed E-state index contributed by atoms with van der Waals surface area (Å²) in [7, 11) is 0. The fourth-order valence-corrected chi connectivity index (χ4v) is 2.61. The van der Waals surface area contributed by atoms with Crippen LogP contribution in [0.3, 0.4) is 0 Å². The number of carboxylic acids is 1. The summed E-state index contributed by atoms with van der Waals surface area (Å²) in [4.78, 5) is 17.4. The molecule has 0 saturated carbocycles. The van der Waals surface area contributed by atoms with Gasteiger partial charge in [-0.2, -0.15) is 0 Å². The van der Waals surface area contributed by atoms with Gasteiger partial charge in [0.05, 0.1) is 17.1 Å². The Labute approximate surface area is 113 Å². The van der Waals surface area contributed by atoms with E-state index in [1.807, 2.05) is 0 Å². The van der Waals surface area contributed by atoms with E-state index in [1.165, 1.54) is 5.01 Å². The number of rotatable bonds is 8. The Morgan fingerprint density at radius 3 is 2.83 bits per heavy atom. The molecule has 5 heteroatoms. The fraction of sp³-hybridized carbons (Fsp3) is 0.692. The van der Waals surface area contributed by atoms with E-state index in [-0.39, 0.29) is 6.42 Å². The molecule has 0 unspecified atom stereocenters. The largest absolute Gasteiger partial charge is 0.481 e. The summed E-state index contributed by atoms with van der Waals surface area (Å²) in [6.07, 6.45) is 2.32. The highest BCUT2D eigenvalue weighted by Crippen LogP contribution is 2.15. The van der Waals surface area contributed by atoms with Crippen molar-refractivity contribution in [3.8, 4) is 0 Å². The van der Waals surface area contributed by atoms with E-state index < -0.39 is 5.97 Å². The number of hydrogen-bond donors (Lipinski definition) is 1. The minimum Gasteiger partial charge on any atom is -0.481 e. The molecular formula is C13H22N2O2S. The molecular weight excluding hydrogens is 248 g/mol. The summed E-state index contributed by atoms with van der Waals surface area (Å²) in [5.41, 5.74) is 1.06. The fourth-order valence-electron chi connectivity index (χ4n) is 1.72. The van der Waals surface area contributed by atoms with Crippen molar-refractivity contribution in [2.75, 3.05) is 6.54 Å². The Hall–Kier alpha value is -0.940. The molecule has 0 fully saturated rings. The Bertz CT molecular complexity index is 377. The number of aryl methyl sites for hydroxylation is 1. The highest BCUT2D eigenvalue weighted by Gasteiger charge is 2.13. The standard InChI is InChI=1S/C13H22N2O2S/c1-4-5-12-14-11(9-18-12)8-15(10(2)3)7-6-13(16)17/h9-10H,4-8H2,1-3H3,(H,16,17). The molecule has 4 nitrogen and oxygen atoms in total. The zero-order chi connectivity index (χ0) is 13.5. The van der Waals surface area contributed by atoms with Crippen molar-refractivity contribution in [1.82, 2.24) is 9.88 Å². The van der Waals surface area contributed by atoms with Gasteiger partial charge in [0.1, 0.15) is 0 Å². The third kappa shape index (κ3) is 5.14. The normalized spacial score (nSPS) is 11.4. The molecule has 0 spiro atoms. The SMILES string of the molecule is CCCc1nc(CN(CCC(=O)O)C(C)C)cs1. The molecule has 0 atom stereocenters. The molecule has 0 bridgehead atoms. The van der Waals surface area contributed by atoms with Crippen LogP contribution < -0.4 is 0 Å². The monoisotopic (exact) mass is 270 g/mol. The number of carbonyl (C=O) groups is 1. The lowest BCUT2D eigenvalue weighted by molar-refractivity contribution is -0.137. The minimum absolute atomic E-state index is 0.185. The number of nitrogens with zero attached hydrogens (tertiary/aromatic N) is 2. The van der Waals surface area contributed by atoms with Gasteiger partial charge in [0.25, 0.3) is 0 Å². The lowest BCUT2D eigenvalue weighted by Crippen LogP contribution is -2.32. The maximum atomic E-state index is 10.6. The van der Waals surface area contributed by atoms with Gasteiger partial charge in [-0.05, 0) is 26.7 Å². The molecule has 1 aromatic rings. The summed E-state index contributed by atoms with van der Waals surface area (Å²) in [5, 5.41) is 12.0. The van der Waals surface area contributed by atoms with Crippen LogP contribution in [-0.2, 0) is 17.8 Å². The molecule has 102 valence electrons. The van der Waals surface area contributed by atoms with Crippen LogP contribution in [0.25, 0.3) is 0 Å². The van der Waals surface area contributed by atoms with E-state index in [9.17, 15) is 4.79 Å². The maximum Gasteiger partial charge on any atom is 0.304 e. The highest BCUT2D eigenvalue weighted by atomic mass is 32.1. The summed E-state index contributed by atoms with van der Waals surface area (Å²) in [6.45, 7) is 7.63. The zero-order valence-corrected chi connectivity index (χ0v) is 12.2. The number of hydrogen-bond acceptors (Lipinski definition) is 4. The van der Waals surface area contributed by atoms with Crippen LogP contribution in [0.5, 0.6) is 0 Å². The van der Waals surface area contributed by atoms with Crippen LogP contribution >= 0.6 is 11.3 Å². The van der Waals surface area contributed by atoms with Gasteiger partial charge in [-0.3, -0.25) is 9.69 Å². The third-order valence-electron chi connectivity index (χ3n) is 2.77. The van der Waals surface area contributed by atoms with Gasteiger partial charge in [-0.1, -0.05) is 6.92 Å². The Kier molecular flexibility index (Phi) is 6.29. The Balaban J connectivity index is 2.55. The average Bonchev–Trinajstić information content (AvgIpc) is 2.71. The van der Waals surface area contributed by atoms with Gasteiger partial charge < -0.3 is 5.11 Å². The van der Waals surface area contributed by atoms with E-state index in [0.29, 0.717) is 12.6 Å². The van der Waals surface area contributed by atoms with Gasteiger partial charge >= 0.3 is 5.97 Å². The van der Waals surface area contributed by atoms with Gasteiger partial charge in [0.2, 0.25) is 0 Å². The molecule has 1 rings (SSSR count). The molecule has 0 aliphatic rings. The molecule has 0 amide bonds. The van der Waals surface area contributed by atoms with Crippen LogP contribution in [0.4, 0.5) is 0 Å². The van der Waals surface area contributed by atoms with Crippen LogP contribution in [0.15, 0.2) is 5.38 Å². The summed E-state index contributed by atoms with van der Waals surface area (Å²) in [5.74, 6) is -0.745. The molecule has 0 saturated heterocycles. The molecule has 0 aliphatic heterocycles. The number of aromatic nitrogens is 1. The minimum atomic E-state index is -0.745. The quantitative estimate of drug-likeness (QED) is 0.789. The molecule has 0 aliphatic carbocycles. The molecule has 0 aromatic carbocycles. The van der Waals surface area contributed by atoms with Crippen LogP contribution in [0, 0.1) is 0 Å². The Morgan fingerprint density at radius 1 is 1.56 bits per heavy atom. The molecule has 0 radical (unpaired) electrons. The van der Waals surface area contributed by atoms with Crippen molar-refractivity contribution in [2.24, 2.45) is 0 Å². The highest BCUT2D eigenvalue weighted by molar-refractivity contribution is 7.09. The van der Waals surface area contributed by atoms with Crippen molar-refractivity contribution in [3.05, 3.63) is 16.1 Å². The van der Waals surface area contributed by atoms with Crippen LogP contribution in [0.1, 0.15) is 44.3 Å². The van der Waals surface area contributed by atoms with Gasteiger partial charge in [0.15, 0.2) is 0 Å². The van der Waals surface area contributed by atoms with E-state index in [4.69, 9.17) is 5.11 Å². The van der Waals surface area contributed by atoms with E-state index in [1.54, 1.807) is 11.3 Å². The first-order chi connectivity index (χ1) is 8.52. The maximum absolute atomic E-state index is 10.6. The van der Waals surface area contributed by atoms with E-state index >= 15 is 0 Å². The number of aliphatic carboxylic acids is 1. The van der Waals surface area contributed by atoms with Crippen molar-refractivity contribution >= 4 is 17.3 Å². The zero-order valence-electron chi connectivity index (χ0n) is 11.3. The summed E-state index contributed by atoms with van der Waals surface area (Å²) < 4.78 is 0. The van der Waals surface area contributed by atoms with Crippen molar-refractivity contribution in [1.29, 1.82) is 0 Å². The number of thiazole rings is 1. The van der Waals surface area contributed by atoms with E-state index in [2.05, 4.69) is 36.0 Å². The van der Waals surface area contributed by atoms with Crippen molar-refractivity contribution < 1.29 is 9.90 Å². The van der Waals surface area contributed by atoms with Crippen molar-refractivity contribution in [2.45, 2.75) is 52.6 Å². The summed E-state index contributed by atoms with van der Waals surface area (Å²) in [6, 6.07) is 0.334. The first-order valence-corrected chi connectivity index (χ1v) is 7.30. The lowest BCUT2D eigenvalue weighted by Gasteiger charge is -2.24. The number of carboxylic acid groups (broad SMARTS) is 1. The van der Waals surface area contributed by atoms with Crippen LogP contribution in [-0.4, -0.2) is 33.5 Å². The topological polar surface area (TPSA) is 53.4 Å². The third-order valence-corrected chi connectivity index (χ3v) is 3.73. The lowest BCUT2D eigenvalue weighted by atomic mass is 10.2. The predicted octanol–water partition coefficient (Wildman–Crippen LogP) is 2.78. The van der Waals surface area contributed by atoms with Crippen LogP contribution in [0.2, 0.25) is 0 Å². The first-order valence-electron chi connectivity index (χ1n) is 6.42. The van der Waals surface area contributed by atoms with Gasteiger partial charge in [0, 0.05) is 24.5 Å². The predicted molar refractivity (Wildman–Crippen MR) is 73.9 cm³/mol. The second-order valence-electron chi connectivity index (χ2n) is 4.69. The van der Waals surface area contributed by atoms with Crippen molar-refractivity contribution in [3.63, 3.8) is 0 Å². The second-order valence-corrected chi connectivity index (χ2v) is 5.63. The van der Waals surface area contributed by atoms with E-state index in [0.717, 1.165) is 25.1 Å². The average molecular weight is 270 g/mol. The molecule has 1 aromatic heterocycles. The smallest absolute Gasteiger partial charge is 0.304 e. The summed E-state index contributed by atoms with van der Waals surface area (Å²) >= 11 is 1.70. The Morgan fingerprint density at radius 2 is 2.28 bits per heavy atom. The van der Waals surface area contributed by atoms with Gasteiger partial charge in [-0.25, -0.2) is 4.98 Å². The van der Waals surface area contributed by atoms with Gasteiger partial charge in [-0.15, -0.1) is 11.3 Å². The molecule has 1 heterocycles. The first kappa shape index (κ1) is 15.1. The molecule has 18 heavy (non-hydrogen) atoms. The second kappa shape index (κ2) is 7.48. The molecule has 1 N–H and O–H groups in total.